The highest BCUT2D eigenvalue weighted by Gasteiger charge is 2.50. The first-order chi connectivity index (χ1) is 18.5. The van der Waals surface area contributed by atoms with E-state index in [2.05, 4.69) is 0 Å². The summed E-state index contributed by atoms with van der Waals surface area (Å²) >= 11 is 1.43. The molecule has 1 aliphatic carbocycles. The molecule has 0 fully saturated rings. The Morgan fingerprint density at radius 1 is 1.08 bits per heavy atom. The first kappa shape index (κ1) is 24.4. The van der Waals surface area contributed by atoms with E-state index in [4.69, 9.17) is 14.2 Å². The minimum atomic E-state index is -1.07. The number of ketones is 1. The van der Waals surface area contributed by atoms with Gasteiger partial charge in [-0.25, -0.2) is 4.39 Å². The molecule has 7 nitrogen and oxygen atoms in total. The highest BCUT2D eigenvalue weighted by Crippen LogP contribution is 2.51. The van der Waals surface area contributed by atoms with E-state index in [-0.39, 0.29) is 37.8 Å². The lowest BCUT2D eigenvalue weighted by Gasteiger charge is -2.42. The van der Waals surface area contributed by atoms with E-state index in [9.17, 15) is 14.4 Å². The van der Waals surface area contributed by atoms with Gasteiger partial charge in [-0.15, -0.1) is 11.3 Å². The fourth-order valence-corrected chi connectivity index (χ4v) is 6.49. The summed E-state index contributed by atoms with van der Waals surface area (Å²) in [5.74, 6) is -3.04. The number of esters is 1. The lowest BCUT2D eigenvalue weighted by Crippen LogP contribution is -2.46. The van der Waals surface area contributed by atoms with Crippen LogP contribution in [-0.4, -0.2) is 31.1 Å². The zero-order valence-corrected chi connectivity index (χ0v) is 21.3. The Balaban J connectivity index is 1.55. The molecule has 0 spiro atoms. The molecule has 1 aromatic heterocycles. The number of anilines is 1. The molecule has 1 amide bonds. The van der Waals surface area contributed by atoms with Crippen molar-refractivity contribution in [2.45, 2.75) is 31.6 Å². The standard InChI is InChI=1S/C29H24FNO6S/c1-2-35-29(34)27-18(24-8-5-11-38-24)13-21-26(28(27)33)17(16-9-10-22-23(12-16)37-15-36-22)14-25(32)31(21)20-7-4-3-6-19(20)30/h3-12,17-18,27H,2,13-15H2,1H3/t17-,18+,27+/m0/s1. The number of thiophene rings is 1. The summed E-state index contributed by atoms with van der Waals surface area (Å²) in [6.45, 7) is 1.92. The lowest BCUT2D eigenvalue weighted by atomic mass is 9.69. The van der Waals surface area contributed by atoms with E-state index in [1.165, 1.54) is 28.4 Å². The highest BCUT2D eigenvalue weighted by atomic mass is 32.1. The van der Waals surface area contributed by atoms with Gasteiger partial charge < -0.3 is 14.2 Å². The van der Waals surface area contributed by atoms with Crippen LogP contribution < -0.4 is 14.4 Å². The average molecular weight is 534 g/mol. The summed E-state index contributed by atoms with van der Waals surface area (Å²) < 4.78 is 31.4. The molecule has 0 unspecified atom stereocenters. The predicted octanol–water partition coefficient (Wildman–Crippen LogP) is 5.33. The number of carbonyl (C=O) groups is 3. The second-order valence-electron chi connectivity index (χ2n) is 9.33. The number of para-hydroxylation sites is 1. The van der Waals surface area contributed by atoms with Crippen LogP contribution in [0, 0.1) is 11.7 Å². The van der Waals surface area contributed by atoms with E-state index < -0.39 is 35.3 Å². The zero-order chi connectivity index (χ0) is 26.4. The fourth-order valence-electron chi connectivity index (χ4n) is 5.63. The molecule has 38 heavy (non-hydrogen) atoms. The fraction of sp³-hybridized carbons (Fsp3) is 0.276. The SMILES string of the molecule is CCOC(=O)[C@H]1C(=O)C2=C(C[C@@H]1c1cccs1)N(c1ccccc1F)C(=O)C[C@H]2c1ccc2c(c1)OCO2. The van der Waals surface area contributed by atoms with Crippen LogP contribution in [0.3, 0.4) is 0 Å². The van der Waals surface area contributed by atoms with Crippen molar-refractivity contribution in [3.8, 4) is 11.5 Å². The van der Waals surface area contributed by atoms with Crippen molar-refractivity contribution in [2.75, 3.05) is 18.3 Å². The van der Waals surface area contributed by atoms with Crippen molar-refractivity contribution in [1.29, 1.82) is 0 Å². The molecule has 3 atom stereocenters. The molecule has 2 aromatic carbocycles. The maximum atomic E-state index is 15.0. The van der Waals surface area contributed by atoms with Gasteiger partial charge in [0.15, 0.2) is 17.3 Å². The Labute approximate surface area is 222 Å². The van der Waals surface area contributed by atoms with Gasteiger partial charge in [-0.3, -0.25) is 19.3 Å². The van der Waals surface area contributed by atoms with E-state index in [0.717, 1.165) is 4.88 Å². The zero-order valence-electron chi connectivity index (χ0n) is 20.5. The Morgan fingerprint density at radius 2 is 1.89 bits per heavy atom. The first-order valence-electron chi connectivity index (χ1n) is 12.4. The number of rotatable bonds is 5. The molecule has 6 rings (SSSR count). The van der Waals surface area contributed by atoms with Gasteiger partial charge >= 0.3 is 5.97 Å². The molecule has 3 heterocycles. The Hall–Kier alpha value is -3.98. The Bertz CT molecular complexity index is 1470. The Kier molecular flexibility index (Phi) is 6.23. The van der Waals surface area contributed by atoms with Crippen molar-refractivity contribution in [3.05, 3.63) is 87.5 Å². The van der Waals surface area contributed by atoms with Crippen LogP contribution >= 0.6 is 11.3 Å². The number of benzene rings is 2. The monoisotopic (exact) mass is 533 g/mol. The van der Waals surface area contributed by atoms with Crippen LogP contribution in [0.15, 0.2) is 71.2 Å². The summed E-state index contributed by atoms with van der Waals surface area (Å²) in [6.07, 6.45) is 0.129. The number of carbonyl (C=O) groups excluding carboxylic acids is 3. The molecule has 2 aliphatic heterocycles. The van der Waals surface area contributed by atoms with Gasteiger partial charge in [0.2, 0.25) is 12.7 Å². The van der Waals surface area contributed by atoms with Crippen LogP contribution in [0.25, 0.3) is 0 Å². The lowest BCUT2D eigenvalue weighted by molar-refractivity contribution is -0.152. The molecular formula is C29H24FNO6S. The van der Waals surface area contributed by atoms with Crippen molar-refractivity contribution in [2.24, 2.45) is 5.92 Å². The number of hydrogen-bond donors (Lipinski definition) is 0. The third kappa shape index (κ3) is 3.98. The number of allylic oxidation sites excluding steroid dienone is 2. The Morgan fingerprint density at radius 3 is 2.66 bits per heavy atom. The van der Waals surface area contributed by atoms with E-state index in [1.807, 2.05) is 17.5 Å². The second kappa shape index (κ2) is 9.72. The van der Waals surface area contributed by atoms with Crippen LogP contribution in [0.4, 0.5) is 10.1 Å². The van der Waals surface area contributed by atoms with Crippen LogP contribution in [-0.2, 0) is 19.1 Å². The maximum absolute atomic E-state index is 15.0. The van der Waals surface area contributed by atoms with E-state index in [0.29, 0.717) is 28.3 Å². The van der Waals surface area contributed by atoms with Gasteiger partial charge in [-0.1, -0.05) is 24.3 Å². The summed E-state index contributed by atoms with van der Waals surface area (Å²) in [5, 5.41) is 1.88. The van der Waals surface area contributed by atoms with E-state index >= 15 is 4.39 Å². The molecule has 9 heteroatoms. The first-order valence-corrected chi connectivity index (χ1v) is 13.3. The number of fused-ring (bicyclic) bond motifs is 1. The van der Waals surface area contributed by atoms with Gasteiger partial charge in [0.1, 0.15) is 11.7 Å². The number of hydrogen-bond acceptors (Lipinski definition) is 7. The quantitative estimate of drug-likeness (QED) is 0.326. The maximum Gasteiger partial charge on any atom is 0.317 e. The summed E-state index contributed by atoms with van der Waals surface area (Å²) in [5.41, 5.74) is 1.52. The number of ether oxygens (including phenoxy) is 3. The largest absolute Gasteiger partial charge is 0.465 e. The number of halogens is 1. The molecule has 3 aliphatic rings. The normalized spacial score (nSPS) is 22.5. The van der Waals surface area contributed by atoms with Crippen LogP contribution in [0.5, 0.6) is 11.5 Å². The molecule has 194 valence electrons. The third-order valence-corrected chi connectivity index (χ3v) is 8.27. The van der Waals surface area contributed by atoms with Gasteiger partial charge in [-0.2, -0.15) is 0 Å². The number of nitrogens with zero attached hydrogens (tertiary/aromatic N) is 1. The van der Waals surface area contributed by atoms with Gasteiger partial charge in [-0.05, 0) is 54.6 Å². The molecule has 0 bridgehead atoms. The molecular weight excluding hydrogens is 509 g/mol. The highest BCUT2D eigenvalue weighted by molar-refractivity contribution is 7.10. The molecule has 0 N–H and O–H groups in total. The van der Waals surface area contributed by atoms with Crippen molar-refractivity contribution < 1.29 is 33.0 Å². The third-order valence-electron chi connectivity index (χ3n) is 7.26. The van der Waals surface area contributed by atoms with Gasteiger partial charge in [0.25, 0.3) is 0 Å². The average Bonchev–Trinajstić information content (AvgIpc) is 3.61. The molecule has 0 saturated carbocycles. The number of Topliss-reactive ketones (excluding diaryl/α,β-unsaturated/α-hetero) is 1. The minimum absolute atomic E-state index is 0.0717. The smallest absolute Gasteiger partial charge is 0.317 e. The topological polar surface area (TPSA) is 82.1 Å². The van der Waals surface area contributed by atoms with Crippen LogP contribution in [0.1, 0.15) is 42.0 Å². The molecule has 3 aromatic rings. The van der Waals surface area contributed by atoms with Crippen molar-refractivity contribution in [3.63, 3.8) is 0 Å². The summed E-state index contributed by atoms with van der Waals surface area (Å²) in [6, 6.07) is 15.1. The van der Waals surface area contributed by atoms with Crippen molar-refractivity contribution >= 4 is 34.7 Å². The molecule has 0 saturated heterocycles. The predicted molar refractivity (Wildman–Crippen MR) is 138 cm³/mol. The van der Waals surface area contributed by atoms with Crippen LogP contribution in [0.2, 0.25) is 0 Å². The second-order valence-corrected chi connectivity index (χ2v) is 10.3. The number of amides is 1. The summed E-state index contributed by atoms with van der Waals surface area (Å²) in [4.78, 5) is 43.4. The summed E-state index contributed by atoms with van der Waals surface area (Å²) in [7, 11) is 0. The molecule has 0 radical (unpaired) electrons. The van der Waals surface area contributed by atoms with Gasteiger partial charge in [0, 0.05) is 34.4 Å². The van der Waals surface area contributed by atoms with Crippen molar-refractivity contribution in [1.82, 2.24) is 0 Å². The minimum Gasteiger partial charge on any atom is -0.465 e. The van der Waals surface area contributed by atoms with E-state index in [1.54, 1.807) is 37.3 Å². The van der Waals surface area contributed by atoms with Gasteiger partial charge in [0.05, 0.1) is 12.3 Å².